The van der Waals surface area contributed by atoms with Crippen LogP contribution in [0.1, 0.15) is 25.7 Å². The first-order chi connectivity index (χ1) is 6.40. The number of rotatable bonds is 5. The number of halogens is 1. The molecule has 0 spiro atoms. The molecule has 1 heterocycles. The summed E-state index contributed by atoms with van der Waals surface area (Å²) in [6.45, 7) is 2.61. The van der Waals surface area contributed by atoms with Gasteiger partial charge in [-0.25, -0.2) is 4.39 Å². The molecule has 1 aliphatic carbocycles. The Labute approximate surface area is 79.5 Å². The van der Waals surface area contributed by atoms with E-state index in [-0.39, 0.29) is 6.67 Å². The van der Waals surface area contributed by atoms with Gasteiger partial charge in [0.15, 0.2) is 0 Å². The minimum absolute atomic E-state index is 0.195. The van der Waals surface area contributed by atoms with E-state index in [0.29, 0.717) is 12.6 Å². The number of nitrogens with one attached hydrogen (secondary N) is 1. The van der Waals surface area contributed by atoms with E-state index in [2.05, 4.69) is 10.2 Å². The molecule has 2 nitrogen and oxygen atoms in total. The number of hydrogen-bond donors (Lipinski definition) is 1. The molecule has 0 bridgehead atoms. The lowest BCUT2D eigenvalue weighted by molar-refractivity contribution is 0.226. The highest BCUT2D eigenvalue weighted by atomic mass is 19.1. The second kappa shape index (κ2) is 4.38. The van der Waals surface area contributed by atoms with Gasteiger partial charge in [-0.3, -0.25) is 4.90 Å². The molecule has 2 rings (SSSR count). The molecule has 0 aromatic rings. The zero-order valence-electron chi connectivity index (χ0n) is 8.14. The first-order valence-corrected chi connectivity index (χ1v) is 5.43. The largest absolute Gasteiger partial charge is 0.312 e. The lowest BCUT2D eigenvalue weighted by atomic mass is 10.2. The maximum Gasteiger partial charge on any atom is 0.102 e. The summed E-state index contributed by atoms with van der Waals surface area (Å²) in [4.78, 5) is 2.29. The molecule has 0 aromatic carbocycles. The molecular formula is C10H19FN2. The Hall–Kier alpha value is -0.150. The summed E-state index contributed by atoms with van der Waals surface area (Å²) in [5.41, 5.74) is 0. The molecule has 1 N–H and O–H groups in total. The highest BCUT2D eigenvalue weighted by Crippen LogP contribution is 2.21. The molecule has 0 radical (unpaired) electrons. The predicted molar refractivity (Wildman–Crippen MR) is 51.6 cm³/mol. The molecule has 0 amide bonds. The number of nitrogens with zero attached hydrogens (tertiary/aromatic N) is 1. The first-order valence-electron chi connectivity index (χ1n) is 5.43. The van der Waals surface area contributed by atoms with Gasteiger partial charge in [0, 0.05) is 25.2 Å². The summed E-state index contributed by atoms with van der Waals surface area (Å²) in [7, 11) is 0. The van der Waals surface area contributed by atoms with Crippen molar-refractivity contribution >= 4 is 0 Å². The van der Waals surface area contributed by atoms with Gasteiger partial charge in [-0.2, -0.15) is 0 Å². The zero-order chi connectivity index (χ0) is 9.10. The third-order valence-corrected chi connectivity index (χ3v) is 3.09. The SMILES string of the molecule is FCCN1CCCC1CNC1CC1. The van der Waals surface area contributed by atoms with Gasteiger partial charge in [0.25, 0.3) is 0 Å². The van der Waals surface area contributed by atoms with Gasteiger partial charge in [-0.15, -0.1) is 0 Å². The van der Waals surface area contributed by atoms with Crippen molar-refractivity contribution in [2.24, 2.45) is 0 Å². The van der Waals surface area contributed by atoms with Crippen LogP contribution >= 0.6 is 0 Å². The average Bonchev–Trinajstić information content (AvgIpc) is 2.86. The second-order valence-electron chi connectivity index (χ2n) is 4.20. The minimum Gasteiger partial charge on any atom is -0.312 e. The molecule has 1 saturated heterocycles. The van der Waals surface area contributed by atoms with Crippen LogP contribution in [0.2, 0.25) is 0 Å². The standard InChI is InChI=1S/C10H19FN2/c11-5-7-13-6-1-2-10(13)8-12-9-3-4-9/h9-10,12H,1-8H2. The van der Waals surface area contributed by atoms with Crippen LogP contribution < -0.4 is 5.32 Å². The molecule has 13 heavy (non-hydrogen) atoms. The van der Waals surface area contributed by atoms with Crippen molar-refractivity contribution < 1.29 is 4.39 Å². The van der Waals surface area contributed by atoms with Crippen molar-refractivity contribution in [1.29, 1.82) is 0 Å². The third kappa shape index (κ3) is 2.64. The molecule has 1 aliphatic heterocycles. The molecular weight excluding hydrogens is 167 g/mol. The van der Waals surface area contributed by atoms with Crippen molar-refractivity contribution in [1.82, 2.24) is 10.2 Å². The van der Waals surface area contributed by atoms with E-state index in [1.807, 2.05) is 0 Å². The van der Waals surface area contributed by atoms with Crippen LogP contribution in [0.15, 0.2) is 0 Å². The molecule has 2 aliphatic rings. The van der Waals surface area contributed by atoms with Crippen LogP contribution in [0.5, 0.6) is 0 Å². The second-order valence-corrected chi connectivity index (χ2v) is 4.20. The Balaban J connectivity index is 1.68. The summed E-state index contributed by atoms with van der Waals surface area (Å²) in [6.07, 6.45) is 5.18. The Kier molecular flexibility index (Phi) is 3.17. The summed E-state index contributed by atoms with van der Waals surface area (Å²) < 4.78 is 12.2. The summed E-state index contributed by atoms with van der Waals surface area (Å²) >= 11 is 0. The third-order valence-electron chi connectivity index (χ3n) is 3.09. The van der Waals surface area contributed by atoms with Crippen LogP contribution in [0.3, 0.4) is 0 Å². The summed E-state index contributed by atoms with van der Waals surface area (Å²) in [5.74, 6) is 0. The molecule has 1 atom stereocenters. The molecule has 1 saturated carbocycles. The van der Waals surface area contributed by atoms with Crippen LogP contribution in [0.4, 0.5) is 4.39 Å². The first kappa shape index (κ1) is 9.41. The van der Waals surface area contributed by atoms with Crippen molar-refractivity contribution in [2.75, 3.05) is 26.3 Å². The van der Waals surface area contributed by atoms with Crippen molar-refractivity contribution in [3.63, 3.8) is 0 Å². The Morgan fingerprint density at radius 3 is 2.85 bits per heavy atom. The summed E-state index contributed by atoms with van der Waals surface area (Å²) in [6, 6.07) is 1.39. The van der Waals surface area contributed by atoms with Gasteiger partial charge in [0.05, 0.1) is 0 Å². The fourth-order valence-corrected chi connectivity index (χ4v) is 2.12. The van der Waals surface area contributed by atoms with Crippen LogP contribution in [0.25, 0.3) is 0 Å². The summed E-state index contributed by atoms with van der Waals surface area (Å²) in [5, 5.41) is 3.52. The van der Waals surface area contributed by atoms with Crippen molar-refractivity contribution in [3.8, 4) is 0 Å². The molecule has 0 aromatic heterocycles. The normalized spacial score (nSPS) is 29.8. The number of likely N-dealkylation sites (tertiary alicyclic amines) is 1. The smallest absolute Gasteiger partial charge is 0.102 e. The van der Waals surface area contributed by atoms with Gasteiger partial charge in [0.1, 0.15) is 6.67 Å². The van der Waals surface area contributed by atoms with E-state index in [4.69, 9.17) is 0 Å². The average molecular weight is 186 g/mol. The Morgan fingerprint density at radius 2 is 2.15 bits per heavy atom. The molecule has 2 fully saturated rings. The van der Waals surface area contributed by atoms with E-state index < -0.39 is 0 Å². The van der Waals surface area contributed by atoms with Gasteiger partial charge in [-0.1, -0.05) is 0 Å². The molecule has 76 valence electrons. The van der Waals surface area contributed by atoms with E-state index in [1.165, 1.54) is 25.7 Å². The number of alkyl halides is 1. The van der Waals surface area contributed by atoms with Crippen LogP contribution in [0, 0.1) is 0 Å². The van der Waals surface area contributed by atoms with Crippen molar-refractivity contribution in [3.05, 3.63) is 0 Å². The quantitative estimate of drug-likeness (QED) is 0.693. The van der Waals surface area contributed by atoms with Crippen molar-refractivity contribution in [2.45, 2.75) is 37.8 Å². The maximum atomic E-state index is 12.2. The topological polar surface area (TPSA) is 15.3 Å². The molecule has 3 heteroatoms. The van der Waals surface area contributed by atoms with E-state index >= 15 is 0 Å². The van der Waals surface area contributed by atoms with Gasteiger partial charge in [0.2, 0.25) is 0 Å². The highest BCUT2D eigenvalue weighted by Gasteiger charge is 2.27. The highest BCUT2D eigenvalue weighted by molar-refractivity contribution is 4.86. The van der Waals surface area contributed by atoms with Crippen LogP contribution in [-0.4, -0.2) is 43.3 Å². The Bertz CT molecular complexity index is 159. The Morgan fingerprint density at radius 1 is 1.31 bits per heavy atom. The van der Waals surface area contributed by atoms with Crippen LogP contribution in [-0.2, 0) is 0 Å². The number of hydrogen-bond acceptors (Lipinski definition) is 2. The van der Waals surface area contributed by atoms with E-state index in [0.717, 1.165) is 19.1 Å². The monoisotopic (exact) mass is 186 g/mol. The zero-order valence-corrected chi connectivity index (χ0v) is 8.14. The lowest BCUT2D eigenvalue weighted by Crippen LogP contribution is -2.39. The lowest BCUT2D eigenvalue weighted by Gasteiger charge is -2.23. The van der Waals surface area contributed by atoms with E-state index in [9.17, 15) is 4.39 Å². The fourth-order valence-electron chi connectivity index (χ4n) is 2.12. The molecule has 1 unspecified atom stereocenters. The maximum absolute atomic E-state index is 12.2. The minimum atomic E-state index is -0.195. The predicted octanol–water partition coefficient (Wildman–Crippen LogP) is 1.17. The van der Waals surface area contributed by atoms with Gasteiger partial charge in [-0.05, 0) is 32.2 Å². The van der Waals surface area contributed by atoms with Gasteiger partial charge < -0.3 is 5.32 Å². The van der Waals surface area contributed by atoms with Gasteiger partial charge >= 0.3 is 0 Å². The van der Waals surface area contributed by atoms with E-state index in [1.54, 1.807) is 0 Å². The fraction of sp³-hybridized carbons (Fsp3) is 1.00.